The van der Waals surface area contributed by atoms with E-state index in [-0.39, 0.29) is 18.0 Å². The highest BCUT2D eigenvalue weighted by molar-refractivity contribution is 9.10. The Bertz CT molecular complexity index is 1130. The van der Waals surface area contributed by atoms with Gasteiger partial charge in [-0.05, 0) is 55.0 Å². The van der Waals surface area contributed by atoms with Gasteiger partial charge in [-0.1, -0.05) is 45.7 Å². The number of rotatable bonds is 6. The minimum atomic E-state index is -0.156. The van der Waals surface area contributed by atoms with Crippen molar-refractivity contribution in [1.82, 2.24) is 5.32 Å². The number of hydrogen-bond donors (Lipinski definition) is 3. The Morgan fingerprint density at radius 3 is 2.56 bits per heavy atom. The van der Waals surface area contributed by atoms with Crippen LogP contribution in [0.4, 0.5) is 0 Å². The van der Waals surface area contributed by atoms with E-state index in [0.717, 1.165) is 32.6 Å². The topological polar surface area (TPSA) is 67.3 Å². The van der Waals surface area contributed by atoms with Crippen molar-refractivity contribution in [2.75, 3.05) is 13.7 Å². The largest absolute Gasteiger partial charge is 0.504 e. The summed E-state index contributed by atoms with van der Waals surface area (Å²) >= 11 is 9.69. The van der Waals surface area contributed by atoms with Gasteiger partial charge in [0.15, 0.2) is 17.7 Å². The second-order valence-corrected chi connectivity index (χ2v) is 8.79. The number of hydrogen-bond acceptors (Lipinski definition) is 4. The molecule has 0 saturated carbocycles. The van der Waals surface area contributed by atoms with E-state index in [2.05, 4.69) is 32.6 Å². The molecule has 0 bridgehead atoms. The minimum absolute atomic E-state index is 0.154. The maximum atomic E-state index is 10.9. The number of phenolic OH excluding ortho intramolecular Hbond substituents is 1. The molecule has 1 aliphatic heterocycles. The molecular formula is C25H25BrClN2O3+. The van der Waals surface area contributed by atoms with E-state index >= 15 is 0 Å². The summed E-state index contributed by atoms with van der Waals surface area (Å²) in [6.07, 6.45) is 1.95. The Kier molecular flexibility index (Phi) is 6.94. The Morgan fingerprint density at radius 2 is 1.84 bits per heavy atom. The van der Waals surface area contributed by atoms with Crippen LogP contribution in [0.15, 0.2) is 71.2 Å². The second-order valence-electron chi connectivity index (χ2n) is 7.44. The molecule has 0 saturated heterocycles. The fourth-order valence-corrected chi connectivity index (χ4v) is 4.42. The molecule has 2 atom stereocenters. The van der Waals surface area contributed by atoms with Crippen LogP contribution in [0.2, 0.25) is 5.02 Å². The average molecular weight is 517 g/mol. The van der Waals surface area contributed by atoms with Gasteiger partial charge in [0.2, 0.25) is 0 Å². The van der Waals surface area contributed by atoms with E-state index < -0.39 is 0 Å². The molecule has 2 unspecified atom stereocenters. The van der Waals surface area contributed by atoms with Crippen molar-refractivity contribution >= 4 is 33.2 Å². The van der Waals surface area contributed by atoms with Crippen molar-refractivity contribution in [2.45, 2.75) is 19.1 Å². The predicted molar refractivity (Wildman–Crippen MR) is 130 cm³/mol. The molecule has 1 heterocycles. The maximum Gasteiger partial charge on any atom is 0.190 e. The molecule has 0 amide bonds. The number of ether oxygens (including phenoxy) is 2. The van der Waals surface area contributed by atoms with Gasteiger partial charge in [-0.2, -0.15) is 0 Å². The van der Waals surface area contributed by atoms with Crippen molar-refractivity contribution in [3.8, 4) is 17.2 Å². The number of benzene rings is 3. The number of para-hydroxylation sites is 1. The van der Waals surface area contributed by atoms with Gasteiger partial charge in [-0.3, -0.25) is 0 Å². The van der Waals surface area contributed by atoms with Crippen molar-refractivity contribution in [3.05, 3.63) is 92.9 Å². The summed E-state index contributed by atoms with van der Waals surface area (Å²) in [5.41, 5.74) is 3.73. The molecule has 32 heavy (non-hydrogen) atoms. The van der Waals surface area contributed by atoms with Crippen LogP contribution in [0.3, 0.4) is 0 Å². The number of methoxy groups -OCH3 is 1. The van der Waals surface area contributed by atoms with Crippen LogP contribution in [0.1, 0.15) is 35.8 Å². The molecule has 0 spiro atoms. The Labute approximate surface area is 201 Å². The fourth-order valence-electron chi connectivity index (χ4n) is 3.92. The average Bonchev–Trinajstić information content (AvgIpc) is 2.80. The molecule has 3 aromatic rings. The van der Waals surface area contributed by atoms with E-state index in [1.54, 1.807) is 13.2 Å². The quantitative estimate of drug-likeness (QED) is 0.423. The SMILES string of the molecule is CCOc1cccc(C2C=C(c3ccc(Cl)cc3)NC(c3cc(Br)ccc3OC)[NH2+]2)c1O. The standard InChI is InChI=1S/C25H24BrClN2O3/c1-3-32-23-6-4-5-18(24(23)30)21-14-20(15-7-10-17(27)11-8-15)28-25(29-21)19-13-16(26)9-12-22(19)31-2/h4-14,21,25,28-30H,3H2,1-2H3/p+1. The number of nitrogens with two attached hydrogens (primary N) is 1. The third kappa shape index (κ3) is 4.72. The molecule has 166 valence electrons. The van der Waals surface area contributed by atoms with Crippen molar-refractivity contribution in [1.29, 1.82) is 0 Å². The van der Waals surface area contributed by atoms with Crippen molar-refractivity contribution in [2.24, 2.45) is 0 Å². The Morgan fingerprint density at radius 1 is 1.06 bits per heavy atom. The van der Waals surface area contributed by atoms with Crippen LogP contribution in [0, 0.1) is 0 Å². The van der Waals surface area contributed by atoms with E-state index in [0.29, 0.717) is 17.4 Å². The third-order valence-corrected chi connectivity index (χ3v) is 6.17. The zero-order valence-electron chi connectivity index (χ0n) is 17.8. The summed E-state index contributed by atoms with van der Waals surface area (Å²) in [5.74, 6) is 1.42. The van der Waals surface area contributed by atoms with Gasteiger partial charge in [0.25, 0.3) is 0 Å². The number of quaternary nitrogens is 1. The van der Waals surface area contributed by atoms with Crippen LogP contribution in [-0.2, 0) is 0 Å². The zero-order valence-corrected chi connectivity index (χ0v) is 20.2. The van der Waals surface area contributed by atoms with Gasteiger partial charge in [-0.15, -0.1) is 0 Å². The summed E-state index contributed by atoms with van der Waals surface area (Å²) in [6.45, 7) is 2.38. The number of phenols is 1. The van der Waals surface area contributed by atoms with Crippen LogP contribution >= 0.6 is 27.5 Å². The monoisotopic (exact) mass is 515 g/mol. The van der Waals surface area contributed by atoms with Crippen molar-refractivity contribution < 1.29 is 19.9 Å². The zero-order chi connectivity index (χ0) is 22.7. The normalized spacial score (nSPS) is 17.9. The van der Waals surface area contributed by atoms with Crippen LogP contribution < -0.4 is 20.1 Å². The van der Waals surface area contributed by atoms with Crippen LogP contribution in [0.5, 0.6) is 17.2 Å². The first-order chi connectivity index (χ1) is 15.5. The molecule has 5 nitrogen and oxygen atoms in total. The van der Waals surface area contributed by atoms with Gasteiger partial charge in [0, 0.05) is 21.3 Å². The minimum Gasteiger partial charge on any atom is -0.504 e. The Hall–Kier alpha value is -2.67. The number of nitrogens with one attached hydrogen (secondary N) is 1. The molecule has 4 rings (SSSR count). The van der Waals surface area contributed by atoms with E-state index in [4.69, 9.17) is 21.1 Å². The lowest BCUT2D eigenvalue weighted by molar-refractivity contribution is -0.731. The molecule has 0 aromatic heterocycles. The lowest BCUT2D eigenvalue weighted by Crippen LogP contribution is -2.89. The lowest BCUT2D eigenvalue weighted by atomic mass is 9.97. The number of halogens is 2. The highest BCUT2D eigenvalue weighted by Crippen LogP contribution is 2.36. The van der Waals surface area contributed by atoms with Crippen molar-refractivity contribution in [3.63, 3.8) is 0 Å². The fraction of sp³-hybridized carbons (Fsp3) is 0.200. The first kappa shape index (κ1) is 22.5. The summed E-state index contributed by atoms with van der Waals surface area (Å²) in [7, 11) is 1.67. The van der Waals surface area contributed by atoms with Crippen LogP contribution in [-0.4, -0.2) is 18.8 Å². The predicted octanol–water partition coefficient (Wildman–Crippen LogP) is 5.16. The van der Waals surface area contributed by atoms with Gasteiger partial charge in [-0.25, -0.2) is 0 Å². The molecule has 0 aliphatic carbocycles. The molecule has 0 fully saturated rings. The lowest BCUT2D eigenvalue weighted by Gasteiger charge is -2.31. The van der Waals surface area contributed by atoms with Gasteiger partial charge in [0.05, 0.1) is 24.8 Å². The Balaban J connectivity index is 1.80. The maximum absolute atomic E-state index is 10.9. The number of aromatic hydroxyl groups is 1. The molecule has 4 N–H and O–H groups in total. The van der Waals surface area contributed by atoms with E-state index in [1.807, 2.05) is 61.5 Å². The molecule has 1 aliphatic rings. The van der Waals surface area contributed by atoms with Gasteiger partial charge < -0.3 is 25.2 Å². The van der Waals surface area contributed by atoms with E-state index in [1.165, 1.54) is 0 Å². The highest BCUT2D eigenvalue weighted by atomic mass is 79.9. The smallest absolute Gasteiger partial charge is 0.190 e. The molecule has 7 heteroatoms. The van der Waals surface area contributed by atoms with Crippen LogP contribution in [0.25, 0.3) is 5.70 Å². The van der Waals surface area contributed by atoms with Gasteiger partial charge >= 0.3 is 0 Å². The molecule has 0 radical (unpaired) electrons. The second kappa shape index (κ2) is 9.86. The summed E-state index contributed by atoms with van der Waals surface area (Å²) in [6, 6.07) is 19.1. The summed E-state index contributed by atoms with van der Waals surface area (Å²) < 4.78 is 12.2. The summed E-state index contributed by atoms with van der Waals surface area (Å²) in [5, 5.41) is 17.4. The van der Waals surface area contributed by atoms with Gasteiger partial charge in [0.1, 0.15) is 11.8 Å². The van der Waals surface area contributed by atoms with E-state index in [9.17, 15) is 5.11 Å². The first-order valence-electron chi connectivity index (χ1n) is 10.4. The summed E-state index contributed by atoms with van der Waals surface area (Å²) in [4.78, 5) is 0. The highest BCUT2D eigenvalue weighted by Gasteiger charge is 2.32. The molecular weight excluding hydrogens is 492 g/mol. The molecule has 3 aromatic carbocycles. The third-order valence-electron chi connectivity index (χ3n) is 5.43. The first-order valence-corrected chi connectivity index (χ1v) is 11.5.